The number of benzene rings is 2. The van der Waals surface area contributed by atoms with Gasteiger partial charge in [0.1, 0.15) is 18.1 Å². The molecule has 0 bridgehead atoms. The van der Waals surface area contributed by atoms with Gasteiger partial charge in [-0.1, -0.05) is 30.3 Å². The van der Waals surface area contributed by atoms with Crippen LogP contribution < -0.4 is 9.47 Å². The van der Waals surface area contributed by atoms with E-state index in [9.17, 15) is 21.6 Å². The van der Waals surface area contributed by atoms with Crippen LogP contribution in [0.15, 0.2) is 60.0 Å². The van der Waals surface area contributed by atoms with Gasteiger partial charge in [0.15, 0.2) is 5.79 Å². The fraction of sp³-hybridized carbons (Fsp3) is 0.391. The molecule has 2 aromatic rings. The molecule has 2 fully saturated rings. The first kappa shape index (κ1) is 23.0. The SMILES string of the molecule is O=S(=O)(OC1=C2CC3(CC[C@@H]2c2cc(OCc4ccccc4)ccc2O1)OCCO3)C(F)(F)F. The van der Waals surface area contributed by atoms with Gasteiger partial charge in [0.2, 0.25) is 0 Å². The zero-order valence-corrected chi connectivity index (χ0v) is 18.7. The van der Waals surface area contributed by atoms with Gasteiger partial charge in [-0.15, -0.1) is 0 Å². The Hall–Kier alpha value is -2.76. The number of hydrogen-bond donors (Lipinski definition) is 0. The fourth-order valence-corrected chi connectivity index (χ4v) is 4.88. The molecule has 182 valence electrons. The van der Waals surface area contributed by atoms with Crippen molar-refractivity contribution in [1.29, 1.82) is 0 Å². The number of alkyl halides is 3. The van der Waals surface area contributed by atoms with Gasteiger partial charge in [-0.05, 0) is 30.2 Å². The second kappa shape index (κ2) is 8.47. The van der Waals surface area contributed by atoms with Crippen molar-refractivity contribution in [2.24, 2.45) is 0 Å². The third kappa shape index (κ3) is 4.35. The predicted octanol–water partition coefficient (Wildman–Crippen LogP) is 4.75. The number of ether oxygens (including phenoxy) is 4. The highest BCUT2D eigenvalue weighted by Gasteiger charge is 2.52. The molecule has 2 heterocycles. The lowest BCUT2D eigenvalue weighted by Crippen LogP contribution is -2.38. The van der Waals surface area contributed by atoms with Gasteiger partial charge in [0, 0.05) is 29.9 Å². The Kier molecular flexibility index (Phi) is 5.73. The van der Waals surface area contributed by atoms with Crippen LogP contribution in [0.4, 0.5) is 13.2 Å². The summed E-state index contributed by atoms with van der Waals surface area (Å²) in [6.45, 7) is 1.00. The normalized spacial score (nSPS) is 21.6. The third-order valence-electron chi connectivity index (χ3n) is 6.05. The molecular formula is C23H21F3O7S. The Balaban J connectivity index is 1.47. The molecule has 0 amide bonds. The van der Waals surface area contributed by atoms with Crippen LogP contribution in [0.5, 0.6) is 11.5 Å². The third-order valence-corrected chi connectivity index (χ3v) is 6.98. The van der Waals surface area contributed by atoms with E-state index in [0.29, 0.717) is 44.0 Å². The molecule has 11 heteroatoms. The number of hydrogen-bond acceptors (Lipinski definition) is 7. The van der Waals surface area contributed by atoms with Crippen LogP contribution >= 0.6 is 0 Å². The molecule has 0 aromatic heterocycles. The summed E-state index contributed by atoms with van der Waals surface area (Å²) in [5.41, 5.74) is -3.71. The van der Waals surface area contributed by atoms with Crippen molar-refractivity contribution in [3.63, 3.8) is 0 Å². The topological polar surface area (TPSA) is 80.3 Å². The Morgan fingerprint density at radius 2 is 1.79 bits per heavy atom. The van der Waals surface area contributed by atoms with Crippen molar-refractivity contribution in [3.8, 4) is 11.5 Å². The summed E-state index contributed by atoms with van der Waals surface area (Å²) in [4.78, 5) is 0. The van der Waals surface area contributed by atoms with Crippen molar-refractivity contribution in [3.05, 3.63) is 71.2 Å². The molecule has 1 aliphatic carbocycles. The number of fused-ring (bicyclic) bond motifs is 3. The van der Waals surface area contributed by atoms with E-state index in [1.165, 1.54) is 6.07 Å². The summed E-state index contributed by atoms with van der Waals surface area (Å²) in [6, 6.07) is 14.5. The Morgan fingerprint density at radius 1 is 1.06 bits per heavy atom. The molecule has 2 aromatic carbocycles. The van der Waals surface area contributed by atoms with E-state index >= 15 is 0 Å². The predicted molar refractivity (Wildman–Crippen MR) is 112 cm³/mol. The zero-order valence-electron chi connectivity index (χ0n) is 17.8. The zero-order chi connectivity index (χ0) is 24.0. The minimum absolute atomic E-state index is 0.0227. The lowest BCUT2D eigenvalue weighted by molar-refractivity contribution is -0.170. The van der Waals surface area contributed by atoms with E-state index in [0.717, 1.165) is 5.56 Å². The molecule has 5 rings (SSSR count). The van der Waals surface area contributed by atoms with E-state index < -0.39 is 33.3 Å². The average molecular weight is 498 g/mol. The molecular weight excluding hydrogens is 477 g/mol. The minimum atomic E-state index is -5.92. The van der Waals surface area contributed by atoms with Gasteiger partial charge in [0.25, 0.3) is 0 Å². The van der Waals surface area contributed by atoms with Gasteiger partial charge >= 0.3 is 21.6 Å². The summed E-state index contributed by atoms with van der Waals surface area (Å²) >= 11 is 0. The van der Waals surface area contributed by atoms with Gasteiger partial charge in [0.05, 0.1) is 13.2 Å². The summed E-state index contributed by atoms with van der Waals surface area (Å²) in [5, 5.41) is 0. The van der Waals surface area contributed by atoms with Crippen molar-refractivity contribution in [2.75, 3.05) is 13.2 Å². The number of rotatable bonds is 5. The van der Waals surface area contributed by atoms with Crippen LogP contribution in [0.1, 0.15) is 36.3 Å². The summed E-state index contributed by atoms with van der Waals surface area (Å²) in [6.07, 6.45) is 0.941. The molecule has 0 unspecified atom stereocenters. The van der Waals surface area contributed by atoms with Crippen LogP contribution in [-0.4, -0.2) is 32.9 Å². The molecule has 2 aliphatic heterocycles. The van der Waals surface area contributed by atoms with Crippen molar-refractivity contribution in [2.45, 2.75) is 43.1 Å². The summed E-state index contributed by atoms with van der Waals surface area (Å²) < 4.78 is 89.9. The molecule has 3 aliphatic rings. The van der Waals surface area contributed by atoms with E-state index in [1.54, 1.807) is 12.1 Å². The first-order valence-corrected chi connectivity index (χ1v) is 12.1. The van der Waals surface area contributed by atoms with Crippen molar-refractivity contribution in [1.82, 2.24) is 0 Å². The average Bonchev–Trinajstić information content (AvgIpc) is 3.25. The van der Waals surface area contributed by atoms with Crippen molar-refractivity contribution < 1.29 is 44.7 Å². The quantitative estimate of drug-likeness (QED) is 0.435. The van der Waals surface area contributed by atoms with Gasteiger partial charge in [-0.25, -0.2) is 0 Å². The second-order valence-corrected chi connectivity index (χ2v) is 9.79. The molecule has 0 N–H and O–H groups in total. The molecule has 1 spiro atoms. The summed E-state index contributed by atoms with van der Waals surface area (Å²) in [5.74, 6) is -1.43. The van der Waals surface area contributed by atoms with Crippen LogP contribution in [0, 0.1) is 0 Å². The molecule has 1 atom stereocenters. The maximum absolute atomic E-state index is 13.0. The molecule has 1 saturated carbocycles. The molecule has 1 saturated heterocycles. The number of halogens is 3. The van der Waals surface area contributed by atoms with Gasteiger partial charge in [-0.3, -0.25) is 0 Å². The highest BCUT2D eigenvalue weighted by atomic mass is 32.2. The standard InChI is InChI=1S/C23H21F3O7S/c24-23(25,26)34(27,28)33-21-19-13-22(30-10-11-31-22)9-8-17(19)18-12-16(6-7-20(18)32-21)29-14-15-4-2-1-3-5-15/h1-7,12,17H,8-11,13-14H2/t17-/m1/s1. The summed E-state index contributed by atoms with van der Waals surface area (Å²) in [7, 11) is -5.92. The van der Waals surface area contributed by atoms with E-state index in [-0.39, 0.29) is 17.7 Å². The van der Waals surface area contributed by atoms with E-state index in [4.69, 9.17) is 18.9 Å². The maximum Gasteiger partial charge on any atom is 0.534 e. The first-order chi connectivity index (χ1) is 16.2. The van der Waals surface area contributed by atoms with Crippen LogP contribution in [-0.2, 0) is 30.4 Å². The monoisotopic (exact) mass is 498 g/mol. The highest BCUT2D eigenvalue weighted by molar-refractivity contribution is 7.87. The van der Waals surface area contributed by atoms with Gasteiger partial charge in [-0.2, -0.15) is 21.6 Å². The van der Waals surface area contributed by atoms with Crippen LogP contribution in [0.25, 0.3) is 0 Å². The van der Waals surface area contributed by atoms with E-state index in [2.05, 4.69) is 4.18 Å². The smallest absolute Gasteiger partial charge is 0.489 e. The Morgan fingerprint density at radius 3 is 2.50 bits per heavy atom. The van der Waals surface area contributed by atoms with Crippen molar-refractivity contribution >= 4 is 10.1 Å². The lowest BCUT2D eigenvalue weighted by atomic mass is 9.76. The van der Waals surface area contributed by atoms with Crippen LogP contribution in [0.3, 0.4) is 0 Å². The second-order valence-electron chi connectivity index (χ2n) is 8.25. The molecule has 7 nitrogen and oxygen atoms in total. The maximum atomic E-state index is 13.0. The lowest BCUT2D eigenvalue weighted by Gasteiger charge is -2.40. The minimum Gasteiger partial charge on any atom is -0.489 e. The molecule has 34 heavy (non-hydrogen) atoms. The van der Waals surface area contributed by atoms with E-state index in [1.807, 2.05) is 30.3 Å². The molecule has 0 radical (unpaired) electrons. The fourth-order valence-electron chi connectivity index (χ4n) is 4.45. The van der Waals surface area contributed by atoms with Gasteiger partial charge < -0.3 is 23.1 Å². The Bertz CT molecular complexity index is 1200. The largest absolute Gasteiger partial charge is 0.534 e. The first-order valence-electron chi connectivity index (χ1n) is 10.7. The highest BCUT2D eigenvalue weighted by Crippen LogP contribution is 2.52. The van der Waals surface area contributed by atoms with Crippen LogP contribution in [0.2, 0.25) is 0 Å². The Labute approximate surface area is 194 Å².